The summed E-state index contributed by atoms with van der Waals surface area (Å²) in [5, 5.41) is 0. The highest BCUT2D eigenvalue weighted by molar-refractivity contribution is 5.94. The molecule has 4 rings (SSSR count). The van der Waals surface area contributed by atoms with Crippen LogP contribution in [0.15, 0.2) is 60.8 Å². The zero-order valence-electron chi connectivity index (χ0n) is 16.1. The Balaban J connectivity index is 1.62. The largest absolute Gasteiger partial charge is 0.356 e. The third-order valence-corrected chi connectivity index (χ3v) is 5.59. The van der Waals surface area contributed by atoms with Crippen LogP contribution in [0.2, 0.25) is 0 Å². The van der Waals surface area contributed by atoms with Crippen molar-refractivity contribution in [3.05, 3.63) is 71.9 Å². The van der Waals surface area contributed by atoms with Crippen LogP contribution in [0.3, 0.4) is 0 Å². The number of rotatable bonds is 4. The van der Waals surface area contributed by atoms with Crippen molar-refractivity contribution < 1.29 is 4.79 Å². The van der Waals surface area contributed by atoms with Gasteiger partial charge in [0.2, 0.25) is 0 Å². The zero-order valence-corrected chi connectivity index (χ0v) is 16.1. The molecule has 0 spiro atoms. The van der Waals surface area contributed by atoms with Gasteiger partial charge in [0.25, 0.3) is 5.91 Å². The number of aromatic nitrogens is 1. The van der Waals surface area contributed by atoms with E-state index >= 15 is 0 Å². The number of carbonyl (C=O) groups excluding carboxylic acids is 1. The number of pyridine rings is 1. The number of piperidine rings is 1. The van der Waals surface area contributed by atoms with Crippen LogP contribution in [-0.4, -0.2) is 34.8 Å². The molecule has 1 aliphatic heterocycles. The first-order valence-electron chi connectivity index (χ1n) is 9.80. The summed E-state index contributed by atoms with van der Waals surface area (Å²) in [6.45, 7) is 3.85. The van der Waals surface area contributed by atoms with Crippen LogP contribution in [0.4, 0.5) is 5.82 Å². The van der Waals surface area contributed by atoms with Crippen molar-refractivity contribution in [1.82, 2.24) is 9.30 Å². The fourth-order valence-corrected chi connectivity index (χ4v) is 4.03. The second-order valence-corrected chi connectivity index (χ2v) is 7.59. The van der Waals surface area contributed by atoms with Crippen LogP contribution in [0.5, 0.6) is 0 Å². The molecule has 140 valence electrons. The third-order valence-electron chi connectivity index (χ3n) is 5.59. The average Bonchev–Trinajstić information content (AvgIpc) is 3.12. The molecule has 0 radical (unpaired) electrons. The average molecular weight is 361 g/mol. The van der Waals surface area contributed by atoms with Gasteiger partial charge in [-0.3, -0.25) is 4.79 Å². The molecule has 4 heteroatoms. The molecule has 0 saturated carbocycles. The maximum Gasteiger partial charge on any atom is 0.255 e. The maximum atomic E-state index is 13.0. The van der Waals surface area contributed by atoms with E-state index < -0.39 is 0 Å². The number of hydrogen-bond donors (Lipinski definition) is 0. The molecule has 3 heterocycles. The molecule has 27 heavy (non-hydrogen) atoms. The van der Waals surface area contributed by atoms with E-state index in [2.05, 4.69) is 59.7 Å². The van der Waals surface area contributed by atoms with Gasteiger partial charge in [-0.05, 0) is 56.0 Å². The van der Waals surface area contributed by atoms with E-state index in [0.717, 1.165) is 42.8 Å². The highest BCUT2D eigenvalue weighted by atomic mass is 16.2. The topological polar surface area (TPSA) is 28.0 Å². The molecule has 3 aromatic rings. The summed E-state index contributed by atoms with van der Waals surface area (Å²) in [5.41, 5.74) is 3.14. The number of carbonyl (C=O) groups is 1. The molecule has 0 unspecified atom stereocenters. The van der Waals surface area contributed by atoms with Gasteiger partial charge in [-0.25, -0.2) is 0 Å². The molecular weight excluding hydrogens is 334 g/mol. The Hall–Kier alpha value is -2.75. The molecule has 4 nitrogen and oxygen atoms in total. The van der Waals surface area contributed by atoms with Crippen LogP contribution in [0.25, 0.3) is 5.52 Å². The Bertz CT molecular complexity index is 931. The second kappa shape index (κ2) is 7.47. The Morgan fingerprint density at radius 3 is 2.63 bits per heavy atom. The van der Waals surface area contributed by atoms with Crippen molar-refractivity contribution in [3.63, 3.8) is 0 Å². The molecule has 0 N–H and O–H groups in total. The van der Waals surface area contributed by atoms with Gasteiger partial charge in [0.05, 0.1) is 5.56 Å². The minimum atomic E-state index is 0.148. The van der Waals surface area contributed by atoms with E-state index in [1.54, 1.807) is 0 Å². The Labute approximate surface area is 161 Å². The lowest BCUT2D eigenvalue weighted by molar-refractivity contribution is 0.0635. The predicted molar refractivity (Wildman–Crippen MR) is 110 cm³/mol. The van der Waals surface area contributed by atoms with E-state index in [1.807, 2.05) is 29.3 Å². The first-order chi connectivity index (χ1) is 13.1. The van der Waals surface area contributed by atoms with Crippen molar-refractivity contribution >= 4 is 17.2 Å². The monoisotopic (exact) mass is 361 g/mol. The van der Waals surface area contributed by atoms with Gasteiger partial charge < -0.3 is 14.2 Å². The number of nitrogens with zero attached hydrogens (tertiary/aromatic N) is 3. The van der Waals surface area contributed by atoms with Gasteiger partial charge in [0, 0.05) is 37.9 Å². The molecule has 1 amide bonds. The standard InChI is InChI=1S/C23H27N3O/c1-18-8-6-7-15-25(18)23(27)20-11-12-21-13-14-22(26(21)17-20)24(2)16-19-9-4-3-5-10-19/h3-5,9-14,17-18H,6-8,15-16H2,1-2H3/t18-/m1/s1. The number of likely N-dealkylation sites (tertiary alicyclic amines) is 1. The third kappa shape index (κ3) is 3.57. The van der Waals surface area contributed by atoms with Crippen LogP contribution in [0, 0.1) is 0 Å². The molecule has 0 bridgehead atoms. The van der Waals surface area contributed by atoms with Crippen LogP contribution in [0.1, 0.15) is 42.1 Å². The molecule has 1 atom stereocenters. The van der Waals surface area contributed by atoms with Crippen LogP contribution >= 0.6 is 0 Å². The molecule has 0 aliphatic carbocycles. The van der Waals surface area contributed by atoms with E-state index in [4.69, 9.17) is 0 Å². The zero-order chi connectivity index (χ0) is 18.8. The summed E-state index contributed by atoms with van der Waals surface area (Å²) in [6.07, 6.45) is 5.42. The normalized spacial score (nSPS) is 17.3. The molecule has 1 aliphatic rings. The predicted octanol–water partition coefficient (Wildman–Crippen LogP) is 4.59. The fraction of sp³-hybridized carbons (Fsp3) is 0.348. The Morgan fingerprint density at radius 1 is 1.07 bits per heavy atom. The number of anilines is 1. The van der Waals surface area contributed by atoms with Crippen molar-refractivity contribution in [1.29, 1.82) is 0 Å². The highest BCUT2D eigenvalue weighted by Gasteiger charge is 2.24. The van der Waals surface area contributed by atoms with Gasteiger partial charge in [-0.2, -0.15) is 0 Å². The minimum Gasteiger partial charge on any atom is -0.356 e. The van der Waals surface area contributed by atoms with Gasteiger partial charge in [0.15, 0.2) is 0 Å². The molecule has 1 saturated heterocycles. The van der Waals surface area contributed by atoms with E-state index in [-0.39, 0.29) is 5.91 Å². The van der Waals surface area contributed by atoms with E-state index in [0.29, 0.717) is 6.04 Å². The SMILES string of the molecule is C[C@@H]1CCCCN1C(=O)c1ccc2ccc(N(C)Cc3ccccc3)n2c1. The summed E-state index contributed by atoms with van der Waals surface area (Å²) in [6, 6.07) is 19.0. The Kier molecular flexibility index (Phi) is 4.88. The summed E-state index contributed by atoms with van der Waals surface area (Å²) < 4.78 is 2.13. The minimum absolute atomic E-state index is 0.148. The van der Waals surface area contributed by atoms with Crippen LogP contribution in [-0.2, 0) is 6.54 Å². The molecular formula is C23H27N3O. The Morgan fingerprint density at radius 2 is 1.85 bits per heavy atom. The smallest absolute Gasteiger partial charge is 0.255 e. The fourth-order valence-electron chi connectivity index (χ4n) is 4.03. The number of amides is 1. The van der Waals surface area contributed by atoms with Crippen molar-refractivity contribution in [2.24, 2.45) is 0 Å². The van der Waals surface area contributed by atoms with E-state index in [1.165, 1.54) is 12.0 Å². The van der Waals surface area contributed by atoms with Gasteiger partial charge >= 0.3 is 0 Å². The molecule has 2 aromatic heterocycles. The first-order valence-corrected chi connectivity index (χ1v) is 9.80. The molecule has 1 aromatic carbocycles. The summed E-state index contributed by atoms with van der Waals surface area (Å²) in [4.78, 5) is 17.3. The number of fused-ring (bicyclic) bond motifs is 1. The lowest BCUT2D eigenvalue weighted by Crippen LogP contribution is -2.42. The summed E-state index contributed by atoms with van der Waals surface area (Å²) in [5.74, 6) is 1.24. The van der Waals surface area contributed by atoms with E-state index in [9.17, 15) is 4.79 Å². The maximum absolute atomic E-state index is 13.0. The van der Waals surface area contributed by atoms with Gasteiger partial charge in [0.1, 0.15) is 5.82 Å². The number of hydrogen-bond acceptors (Lipinski definition) is 2. The van der Waals surface area contributed by atoms with Crippen molar-refractivity contribution in [3.8, 4) is 0 Å². The quantitative estimate of drug-likeness (QED) is 0.680. The lowest BCUT2D eigenvalue weighted by atomic mass is 10.0. The lowest BCUT2D eigenvalue weighted by Gasteiger charge is -2.33. The van der Waals surface area contributed by atoms with Crippen molar-refractivity contribution in [2.75, 3.05) is 18.5 Å². The summed E-state index contributed by atoms with van der Waals surface area (Å²) in [7, 11) is 2.09. The van der Waals surface area contributed by atoms with Gasteiger partial charge in [-0.15, -0.1) is 0 Å². The first kappa shape index (κ1) is 17.7. The van der Waals surface area contributed by atoms with Crippen LogP contribution < -0.4 is 4.90 Å². The number of benzene rings is 1. The van der Waals surface area contributed by atoms with Crippen molar-refractivity contribution in [2.45, 2.75) is 38.8 Å². The van der Waals surface area contributed by atoms with Gasteiger partial charge in [-0.1, -0.05) is 30.3 Å². The summed E-state index contributed by atoms with van der Waals surface area (Å²) >= 11 is 0. The second-order valence-electron chi connectivity index (χ2n) is 7.59. The highest BCUT2D eigenvalue weighted by Crippen LogP contribution is 2.23. The molecule has 1 fully saturated rings.